The number of hydrogen-bond donors (Lipinski definition) is 1. The molecule has 6 heteroatoms. The molecular weight excluding hydrogens is 269 g/mol. The molecule has 1 aromatic carbocycles. The van der Waals surface area contributed by atoms with Gasteiger partial charge in [-0.05, 0) is 23.6 Å². The number of amides is 1. The number of hydrogen-bond acceptors (Lipinski definition) is 3. The summed E-state index contributed by atoms with van der Waals surface area (Å²) in [7, 11) is 0. The van der Waals surface area contributed by atoms with Gasteiger partial charge in [0.2, 0.25) is 0 Å². The number of benzene rings is 1. The first-order chi connectivity index (χ1) is 9.09. The van der Waals surface area contributed by atoms with Gasteiger partial charge in [-0.25, -0.2) is 4.39 Å². The summed E-state index contributed by atoms with van der Waals surface area (Å²) in [4.78, 5) is 24.3. The largest absolute Gasteiger partial charge is 0.480 e. The molecule has 0 saturated heterocycles. The Morgan fingerprint density at radius 2 is 1.95 bits per heavy atom. The van der Waals surface area contributed by atoms with E-state index >= 15 is 0 Å². The molecule has 0 radical (unpaired) electrons. The Balaban J connectivity index is 2.39. The third-order valence-electron chi connectivity index (χ3n) is 2.41. The van der Waals surface area contributed by atoms with E-state index in [1.165, 1.54) is 29.5 Å². The van der Waals surface area contributed by atoms with Gasteiger partial charge in [0.25, 0.3) is 5.91 Å². The first kappa shape index (κ1) is 13.2. The van der Waals surface area contributed by atoms with E-state index in [1.54, 1.807) is 23.6 Å². The molecule has 0 fully saturated rings. The van der Waals surface area contributed by atoms with Crippen molar-refractivity contribution in [2.45, 2.75) is 0 Å². The number of rotatable bonds is 4. The smallest absolute Gasteiger partial charge is 0.323 e. The molecule has 98 valence electrons. The van der Waals surface area contributed by atoms with Crippen LogP contribution in [0.3, 0.4) is 0 Å². The second-order valence-corrected chi connectivity index (χ2v) is 4.66. The van der Waals surface area contributed by atoms with E-state index in [2.05, 4.69) is 0 Å². The van der Waals surface area contributed by atoms with Crippen LogP contribution in [0, 0.1) is 5.82 Å². The van der Waals surface area contributed by atoms with Gasteiger partial charge in [-0.1, -0.05) is 18.2 Å². The molecule has 19 heavy (non-hydrogen) atoms. The van der Waals surface area contributed by atoms with Crippen molar-refractivity contribution in [1.29, 1.82) is 0 Å². The zero-order chi connectivity index (χ0) is 13.8. The molecule has 2 aromatic rings. The Hall–Kier alpha value is -2.21. The molecule has 1 amide bonds. The molecule has 0 aliphatic rings. The lowest BCUT2D eigenvalue weighted by Gasteiger charge is -2.20. The summed E-state index contributed by atoms with van der Waals surface area (Å²) in [6, 6.07) is 8.85. The van der Waals surface area contributed by atoms with Crippen LogP contribution >= 0.6 is 11.3 Å². The summed E-state index contributed by atoms with van der Waals surface area (Å²) in [5, 5.41) is 10.6. The summed E-state index contributed by atoms with van der Waals surface area (Å²) >= 11 is 1.18. The average molecular weight is 279 g/mol. The number of carboxylic acid groups (broad SMARTS) is 1. The highest BCUT2D eigenvalue weighted by Gasteiger charge is 2.23. The van der Waals surface area contributed by atoms with Crippen LogP contribution in [0.5, 0.6) is 0 Å². The number of carbonyl (C=O) groups is 2. The van der Waals surface area contributed by atoms with Gasteiger partial charge < -0.3 is 5.11 Å². The Bertz CT molecular complexity index is 598. The molecule has 0 unspecified atom stereocenters. The zero-order valence-electron chi connectivity index (χ0n) is 9.75. The topological polar surface area (TPSA) is 57.6 Å². The first-order valence-electron chi connectivity index (χ1n) is 5.41. The monoisotopic (exact) mass is 279 g/mol. The van der Waals surface area contributed by atoms with E-state index in [9.17, 15) is 14.0 Å². The highest BCUT2D eigenvalue weighted by Crippen LogP contribution is 2.22. The molecule has 1 N–H and O–H groups in total. The van der Waals surface area contributed by atoms with Crippen molar-refractivity contribution < 1.29 is 19.1 Å². The number of aliphatic carboxylic acids is 1. The summed E-state index contributed by atoms with van der Waals surface area (Å²) in [6.07, 6.45) is 0. The SMILES string of the molecule is O=C(O)CN(C(=O)c1cccs1)c1ccccc1F. The summed E-state index contributed by atoms with van der Waals surface area (Å²) in [5.74, 6) is -2.36. The maximum atomic E-state index is 13.7. The van der Waals surface area contributed by atoms with Gasteiger partial charge in [0, 0.05) is 0 Å². The van der Waals surface area contributed by atoms with Crippen molar-refractivity contribution in [2.24, 2.45) is 0 Å². The van der Waals surface area contributed by atoms with Gasteiger partial charge in [-0.15, -0.1) is 11.3 Å². The number of thiophene rings is 1. The minimum absolute atomic E-state index is 0.0386. The molecule has 0 aliphatic carbocycles. The number of nitrogens with zero attached hydrogens (tertiary/aromatic N) is 1. The molecule has 1 heterocycles. The van der Waals surface area contributed by atoms with Crippen molar-refractivity contribution in [1.82, 2.24) is 0 Å². The Morgan fingerprint density at radius 3 is 2.53 bits per heavy atom. The lowest BCUT2D eigenvalue weighted by atomic mass is 10.2. The maximum Gasteiger partial charge on any atom is 0.323 e. The van der Waals surface area contributed by atoms with Crippen LogP contribution in [-0.2, 0) is 4.79 Å². The fraction of sp³-hybridized carbons (Fsp3) is 0.0769. The normalized spacial score (nSPS) is 10.2. The van der Waals surface area contributed by atoms with Gasteiger partial charge in [0.15, 0.2) is 0 Å². The molecule has 0 spiro atoms. The van der Waals surface area contributed by atoms with Crippen LogP contribution < -0.4 is 4.90 Å². The van der Waals surface area contributed by atoms with Gasteiger partial charge in [-0.3, -0.25) is 14.5 Å². The molecule has 2 rings (SSSR count). The van der Waals surface area contributed by atoms with Gasteiger partial charge in [0.1, 0.15) is 12.4 Å². The van der Waals surface area contributed by atoms with Crippen LogP contribution in [0.2, 0.25) is 0 Å². The van der Waals surface area contributed by atoms with Crippen LogP contribution in [0.15, 0.2) is 41.8 Å². The Kier molecular flexibility index (Phi) is 3.91. The molecule has 4 nitrogen and oxygen atoms in total. The summed E-state index contributed by atoms with van der Waals surface area (Å²) in [6.45, 7) is -0.586. The minimum atomic E-state index is -1.20. The van der Waals surface area contributed by atoms with Gasteiger partial charge in [0.05, 0.1) is 10.6 Å². The number of anilines is 1. The number of para-hydroxylation sites is 1. The molecule has 0 atom stereocenters. The second kappa shape index (κ2) is 5.62. The third-order valence-corrected chi connectivity index (χ3v) is 3.27. The average Bonchev–Trinajstić information content (AvgIpc) is 2.90. The third kappa shape index (κ3) is 2.97. The lowest BCUT2D eigenvalue weighted by molar-refractivity contribution is -0.135. The quantitative estimate of drug-likeness (QED) is 0.936. The van der Waals surface area contributed by atoms with Crippen molar-refractivity contribution in [2.75, 3.05) is 11.4 Å². The van der Waals surface area contributed by atoms with E-state index in [0.29, 0.717) is 4.88 Å². The molecule has 0 bridgehead atoms. The first-order valence-corrected chi connectivity index (χ1v) is 6.29. The predicted octanol–water partition coefficient (Wildman–Crippen LogP) is 2.62. The lowest BCUT2D eigenvalue weighted by Crippen LogP contribution is -2.35. The summed E-state index contributed by atoms with van der Waals surface area (Å²) < 4.78 is 13.7. The van der Waals surface area contributed by atoms with Gasteiger partial charge >= 0.3 is 5.97 Å². The van der Waals surface area contributed by atoms with E-state index in [0.717, 1.165) is 4.90 Å². The van der Waals surface area contributed by atoms with Crippen molar-refractivity contribution in [3.8, 4) is 0 Å². The van der Waals surface area contributed by atoms with Gasteiger partial charge in [-0.2, -0.15) is 0 Å². The molecule has 1 aromatic heterocycles. The maximum absolute atomic E-state index is 13.7. The predicted molar refractivity (Wildman–Crippen MR) is 70.0 cm³/mol. The van der Waals surface area contributed by atoms with Crippen LogP contribution in [-0.4, -0.2) is 23.5 Å². The Morgan fingerprint density at radius 1 is 1.21 bits per heavy atom. The van der Waals surface area contributed by atoms with Crippen molar-refractivity contribution >= 4 is 28.9 Å². The van der Waals surface area contributed by atoms with Crippen LogP contribution in [0.4, 0.5) is 10.1 Å². The minimum Gasteiger partial charge on any atom is -0.480 e. The molecular formula is C13H10FNO3S. The highest BCUT2D eigenvalue weighted by molar-refractivity contribution is 7.12. The van der Waals surface area contributed by atoms with E-state index in [4.69, 9.17) is 5.11 Å². The van der Waals surface area contributed by atoms with E-state index < -0.39 is 24.2 Å². The fourth-order valence-corrected chi connectivity index (χ4v) is 2.28. The Labute approximate surface area is 112 Å². The van der Waals surface area contributed by atoms with Crippen LogP contribution in [0.25, 0.3) is 0 Å². The van der Waals surface area contributed by atoms with Crippen LogP contribution in [0.1, 0.15) is 9.67 Å². The molecule has 0 saturated carbocycles. The number of carboxylic acids is 1. The highest BCUT2D eigenvalue weighted by atomic mass is 32.1. The van der Waals surface area contributed by atoms with E-state index in [1.807, 2.05) is 0 Å². The second-order valence-electron chi connectivity index (χ2n) is 3.71. The van der Waals surface area contributed by atoms with Crippen molar-refractivity contribution in [3.63, 3.8) is 0 Å². The zero-order valence-corrected chi connectivity index (χ0v) is 10.6. The molecule has 0 aliphatic heterocycles. The summed E-state index contributed by atoms with van der Waals surface area (Å²) in [5.41, 5.74) is -0.0386. The number of carbonyl (C=O) groups excluding carboxylic acids is 1. The standard InChI is InChI=1S/C13H10FNO3S/c14-9-4-1-2-5-10(9)15(8-12(16)17)13(18)11-6-3-7-19-11/h1-7H,8H2,(H,16,17). The van der Waals surface area contributed by atoms with E-state index in [-0.39, 0.29) is 5.69 Å². The fourth-order valence-electron chi connectivity index (χ4n) is 1.61. The van der Waals surface area contributed by atoms with Crippen molar-refractivity contribution in [3.05, 3.63) is 52.5 Å². The number of halogens is 1.